The molecule has 0 aliphatic rings. The summed E-state index contributed by atoms with van der Waals surface area (Å²) >= 11 is 0. The standard InChI is InChI=1S/2C42H72O3S.Ba/c2*1-3-5-7-9-11-13-15-17-19-21-23-25-27-29-31-38-35-39(42-34-33-41(46(43,44)45)37-40(42)36-38)32-30-28-26-24-22-20-18-16-14-12-10-8-6-4-2;/h2*33-37H,3-32H2,1-2H3,(H,43,44,45);/q;;+2/p-2. The molecular weight excluding hydrogens is 1310 g/mol. The minimum absolute atomic E-state index is 0. The summed E-state index contributed by atoms with van der Waals surface area (Å²) in [5.41, 5.74) is 5.19. The molecule has 93 heavy (non-hydrogen) atoms. The van der Waals surface area contributed by atoms with Crippen molar-refractivity contribution in [2.75, 3.05) is 0 Å². The van der Waals surface area contributed by atoms with Crippen molar-refractivity contribution in [2.24, 2.45) is 0 Å². The molecule has 6 nitrogen and oxygen atoms in total. The van der Waals surface area contributed by atoms with Crippen LogP contribution in [0.5, 0.6) is 0 Å². The molecule has 528 valence electrons. The molecule has 4 aromatic carbocycles. The maximum Gasteiger partial charge on any atom is 2.00 e. The van der Waals surface area contributed by atoms with Gasteiger partial charge in [-0.25, -0.2) is 16.8 Å². The third-order valence-electron chi connectivity index (χ3n) is 20.0. The van der Waals surface area contributed by atoms with E-state index in [1.165, 1.54) is 381 Å². The van der Waals surface area contributed by atoms with Crippen LogP contribution in [0.1, 0.15) is 410 Å². The first kappa shape index (κ1) is 87.9. The average Bonchev–Trinajstić information content (AvgIpc) is 0.863. The van der Waals surface area contributed by atoms with Crippen LogP contribution in [0.4, 0.5) is 0 Å². The first-order valence-corrected chi connectivity index (χ1v) is 42.8. The van der Waals surface area contributed by atoms with Gasteiger partial charge in [0.2, 0.25) is 0 Å². The summed E-state index contributed by atoms with van der Waals surface area (Å²) in [4.78, 5) is -0.229. The fourth-order valence-corrected chi connectivity index (χ4v) is 15.1. The van der Waals surface area contributed by atoms with Gasteiger partial charge >= 0.3 is 48.9 Å². The van der Waals surface area contributed by atoms with E-state index in [9.17, 15) is 25.9 Å². The fourth-order valence-electron chi connectivity index (χ4n) is 14.1. The summed E-state index contributed by atoms with van der Waals surface area (Å²) in [7, 11) is -8.91. The van der Waals surface area contributed by atoms with Crippen molar-refractivity contribution in [3.8, 4) is 0 Å². The SMILES string of the molecule is CCCCCCCCCCCCCCCCc1cc(CCCCCCCCCCCCCCCC)c2ccc(S(=O)(=O)[O-])cc2c1.CCCCCCCCCCCCCCCCc1cc(CCCCCCCCCCCCCCCC)c2ccc(S(=O)(=O)[O-])cc2c1.[Ba+2]. The van der Waals surface area contributed by atoms with E-state index in [0.717, 1.165) is 60.1 Å². The van der Waals surface area contributed by atoms with E-state index >= 15 is 0 Å². The topological polar surface area (TPSA) is 114 Å². The van der Waals surface area contributed by atoms with Crippen LogP contribution in [-0.4, -0.2) is 74.8 Å². The Hall–Kier alpha value is -1.21. The normalized spacial score (nSPS) is 11.8. The first-order chi connectivity index (χ1) is 44.9. The molecule has 9 heteroatoms. The van der Waals surface area contributed by atoms with E-state index < -0.39 is 20.2 Å². The predicted octanol–water partition coefficient (Wildman–Crippen LogP) is 27.2. The first-order valence-electron chi connectivity index (χ1n) is 39.9. The molecule has 0 aromatic heterocycles. The summed E-state index contributed by atoms with van der Waals surface area (Å²) in [6, 6.07) is 18.9. The van der Waals surface area contributed by atoms with Crippen molar-refractivity contribution in [1.29, 1.82) is 0 Å². The molecule has 4 rings (SSSR count). The van der Waals surface area contributed by atoms with Crippen molar-refractivity contribution in [2.45, 2.75) is 423 Å². The summed E-state index contributed by atoms with van der Waals surface area (Å²) in [6.07, 6.45) is 80.1. The molecule has 0 atom stereocenters. The van der Waals surface area contributed by atoms with Crippen LogP contribution in [0.15, 0.2) is 70.5 Å². The van der Waals surface area contributed by atoms with Gasteiger partial charge < -0.3 is 9.11 Å². The molecule has 0 fully saturated rings. The van der Waals surface area contributed by atoms with Gasteiger partial charge in [0, 0.05) is 0 Å². The summed E-state index contributed by atoms with van der Waals surface area (Å²) in [6.45, 7) is 9.13. The third kappa shape index (κ3) is 46.0. The second-order valence-corrected chi connectivity index (χ2v) is 31.3. The monoisotopic (exact) mass is 1450 g/mol. The van der Waals surface area contributed by atoms with E-state index in [0.29, 0.717) is 0 Å². The van der Waals surface area contributed by atoms with Gasteiger partial charge in [0.05, 0.1) is 9.79 Å². The molecule has 4 aromatic rings. The zero-order chi connectivity index (χ0) is 66.3. The van der Waals surface area contributed by atoms with E-state index in [1.807, 2.05) is 12.1 Å². The minimum Gasteiger partial charge on any atom is -0.744 e. The van der Waals surface area contributed by atoms with E-state index in [1.54, 1.807) is 12.1 Å². The Kier molecular flexibility index (Phi) is 56.4. The number of unbranched alkanes of at least 4 members (excludes halogenated alkanes) is 52. The van der Waals surface area contributed by atoms with Crippen LogP contribution < -0.4 is 0 Å². The van der Waals surface area contributed by atoms with E-state index in [-0.39, 0.29) is 58.7 Å². The van der Waals surface area contributed by atoms with Crippen LogP contribution >= 0.6 is 0 Å². The number of aryl methyl sites for hydroxylation is 4. The second kappa shape index (κ2) is 59.6. The number of benzene rings is 4. The molecule has 0 bridgehead atoms. The van der Waals surface area contributed by atoms with Gasteiger partial charge in [-0.15, -0.1) is 0 Å². The Morgan fingerprint density at radius 3 is 0.613 bits per heavy atom. The molecule has 0 aliphatic heterocycles. The van der Waals surface area contributed by atoms with Gasteiger partial charge in [0.15, 0.2) is 0 Å². The van der Waals surface area contributed by atoms with E-state index in [4.69, 9.17) is 0 Å². The maximum atomic E-state index is 11.7. The predicted molar refractivity (Wildman–Crippen MR) is 406 cm³/mol. The largest absolute Gasteiger partial charge is 2.00 e. The molecular formula is C84H142BaO6S2. The summed E-state index contributed by atoms with van der Waals surface area (Å²) in [5, 5.41) is 4.01. The Morgan fingerprint density at radius 1 is 0.237 bits per heavy atom. The van der Waals surface area contributed by atoms with Gasteiger partial charge in [-0.1, -0.05) is 398 Å². The van der Waals surface area contributed by atoms with Crippen LogP contribution in [0, 0.1) is 0 Å². The van der Waals surface area contributed by atoms with Crippen molar-refractivity contribution >= 4 is 90.7 Å². The minimum atomic E-state index is -4.46. The Balaban J connectivity index is 0.000000627. The third-order valence-corrected chi connectivity index (χ3v) is 21.6. The number of hydrogen-bond acceptors (Lipinski definition) is 6. The molecule has 0 amide bonds. The Morgan fingerprint density at radius 2 is 0.419 bits per heavy atom. The second-order valence-electron chi connectivity index (χ2n) is 28.6. The molecule has 0 aliphatic carbocycles. The van der Waals surface area contributed by atoms with E-state index in [2.05, 4.69) is 52.0 Å². The maximum absolute atomic E-state index is 11.7. The van der Waals surface area contributed by atoms with Gasteiger partial charge in [-0.2, -0.15) is 0 Å². The van der Waals surface area contributed by atoms with Crippen molar-refractivity contribution in [3.63, 3.8) is 0 Å². The number of fused-ring (bicyclic) bond motifs is 2. The zero-order valence-electron chi connectivity index (χ0n) is 61.2. The van der Waals surface area contributed by atoms with Crippen LogP contribution in [0.3, 0.4) is 0 Å². The molecule has 0 saturated heterocycles. The Labute approximate surface area is 616 Å². The average molecular weight is 1450 g/mol. The van der Waals surface area contributed by atoms with Gasteiger partial charge in [-0.3, -0.25) is 0 Å². The zero-order valence-corrected chi connectivity index (χ0v) is 67.2. The molecule has 0 unspecified atom stereocenters. The molecule has 0 heterocycles. The summed E-state index contributed by atoms with van der Waals surface area (Å²) in [5.74, 6) is 0. The van der Waals surface area contributed by atoms with Crippen molar-refractivity contribution in [3.05, 3.63) is 82.9 Å². The van der Waals surface area contributed by atoms with Gasteiger partial charge in [0.1, 0.15) is 20.2 Å². The van der Waals surface area contributed by atoms with Crippen LogP contribution in [0.25, 0.3) is 21.5 Å². The van der Waals surface area contributed by atoms with Crippen LogP contribution in [-0.2, 0) is 45.9 Å². The molecule has 0 N–H and O–H groups in total. The Bertz CT molecular complexity index is 2430. The van der Waals surface area contributed by atoms with Gasteiger partial charge in [-0.05, 0) is 119 Å². The van der Waals surface area contributed by atoms with Crippen molar-refractivity contribution < 1.29 is 25.9 Å². The van der Waals surface area contributed by atoms with Crippen molar-refractivity contribution in [1.82, 2.24) is 0 Å². The van der Waals surface area contributed by atoms with Gasteiger partial charge in [0.25, 0.3) is 0 Å². The number of rotatable bonds is 62. The van der Waals surface area contributed by atoms with Crippen LogP contribution in [0.2, 0.25) is 0 Å². The fraction of sp³-hybridized carbons (Fsp3) is 0.762. The molecule has 0 spiro atoms. The molecule has 0 saturated carbocycles. The summed E-state index contributed by atoms with van der Waals surface area (Å²) < 4.78 is 70.4. The quantitative estimate of drug-likeness (QED) is 0.0247. The smallest absolute Gasteiger partial charge is 0.744 e. The molecule has 0 radical (unpaired) electrons. The number of hydrogen-bond donors (Lipinski definition) is 0.